The number of aryl methyl sites for hydroxylation is 2. The first-order valence-electron chi connectivity index (χ1n) is 8.07. The van der Waals surface area contributed by atoms with E-state index in [1.165, 1.54) is 0 Å². The zero-order chi connectivity index (χ0) is 17.1. The molecule has 1 fully saturated rings. The fraction of sp³-hybridized carbons (Fsp3) is 0.389. The minimum atomic E-state index is -0.154. The van der Waals surface area contributed by atoms with Crippen LogP contribution in [0.2, 0.25) is 0 Å². The average Bonchev–Trinajstić information content (AvgIpc) is 3.12. The number of nitrogens with one attached hydrogen (secondary N) is 1. The van der Waals surface area contributed by atoms with Gasteiger partial charge in [0.05, 0.1) is 0 Å². The molecule has 0 aromatic carbocycles. The summed E-state index contributed by atoms with van der Waals surface area (Å²) in [5.74, 6) is 0.972. The van der Waals surface area contributed by atoms with Crippen LogP contribution in [-0.4, -0.2) is 34.3 Å². The molecule has 6 heteroatoms. The zero-order valence-corrected chi connectivity index (χ0v) is 13.9. The van der Waals surface area contributed by atoms with Crippen LogP contribution in [-0.2, 0) is 11.3 Å². The van der Waals surface area contributed by atoms with Crippen LogP contribution in [0.3, 0.4) is 0 Å². The molecule has 3 rings (SSSR count). The molecule has 2 aromatic heterocycles. The van der Waals surface area contributed by atoms with E-state index >= 15 is 0 Å². The molecule has 0 spiro atoms. The smallest absolute Gasteiger partial charge is 0.290 e. The van der Waals surface area contributed by atoms with Crippen molar-refractivity contribution in [3.05, 3.63) is 53.2 Å². The van der Waals surface area contributed by atoms with E-state index in [2.05, 4.69) is 10.3 Å². The first-order chi connectivity index (χ1) is 11.5. The van der Waals surface area contributed by atoms with E-state index in [0.29, 0.717) is 31.0 Å². The number of amides is 2. The Bertz CT molecular complexity index is 739. The fourth-order valence-electron chi connectivity index (χ4n) is 3.01. The largest absolute Gasteiger partial charge is 0.456 e. The monoisotopic (exact) mass is 327 g/mol. The van der Waals surface area contributed by atoms with Crippen LogP contribution in [0.15, 0.2) is 35.0 Å². The summed E-state index contributed by atoms with van der Waals surface area (Å²) in [4.78, 5) is 30.1. The van der Waals surface area contributed by atoms with Crippen molar-refractivity contribution in [2.75, 3.05) is 6.54 Å². The summed E-state index contributed by atoms with van der Waals surface area (Å²) in [6.07, 6.45) is 4.67. The van der Waals surface area contributed by atoms with Crippen LogP contribution in [0.4, 0.5) is 0 Å². The van der Waals surface area contributed by atoms with Crippen molar-refractivity contribution in [1.29, 1.82) is 0 Å². The van der Waals surface area contributed by atoms with E-state index in [-0.39, 0.29) is 17.9 Å². The molecule has 1 aliphatic heterocycles. The van der Waals surface area contributed by atoms with Gasteiger partial charge in [-0.2, -0.15) is 0 Å². The van der Waals surface area contributed by atoms with E-state index in [1.54, 1.807) is 17.3 Å². The summed E-state index contributed by atoms with van der Waals surface area (Å²) >= 11 is 0. The second-order valence-corrected chi connectivity index (χ2v) is 6.21. The molecule has 3 heterocycles. The predicted molar refractivity (Wildman–Crippen MR) is 88.3 cm³/mol. The number of furan rings is 1. The van der Waals surface area contributed by atoms with Gasteiger partial charge in [-0.3, -0.25) is 14.6 Å². The summed E-state index contributed by atoms with van der Waals surface area (Å²) in [5.41, 5.74) is 1.82. The SMILES string of the molecule is Cc1cc(C)c(C(=O)N(Cc2ccncc2)C[C@@H]2CCC(=O)N2)o1. The molecule has 1 N–H and O–H groups in total. The van der Waals surface area contributed by atoms with Gasteiger partial charge in [0.2, 0.25) is 5.91 Å². The maximum atomic E-state index is 13.0. The van der Waals surface area contributed by atoms with Gasteiger partial charge in [-0.1, -0.05) is 0 Å². The third-order valence-electron chi connectivity index (χ3n) is 4.17. The first-order valence-corrected chi connectivity index (χ1v) is 8.07. The van der Waals surface area contributed by atoms with Crippen molar-refractivity contribution in [1.82, 2.24) is 15.2 Å². The quantitative estimate of drug-likeness (QED) is 0.913. The highest BCUT2D eigenvalue weighted by Gasteiger charge is 2.28. The lowest BCUT2D eigenvalue weighted by molar-refractivity contribution is -0.119. The standard InChI is InChI=1S/C18H21N3O3/c1-12-9-13(2)24-17(12)18(23)21(10-14-5-7-19-8-6-14)11-15-3-4-16(22)20-15/h5-9,15H,3-4,10-11H2,1-2H3,(H,20,22)/t15-/m0/s1. The Kier molecular flexibility index (Phi) is 4.64. The van der Waals surface area contributed by atoms with Gasteiger partial charge in [-0.15, -0.1) is 0 Å². The van der Waals surface area contributed by atoms with Gasteiger partial charge in [0.1, 0.15) is 5.76 Å². The van der Waals surface area contributed by atoms with E-state index in [9.17, 15) is 9.59 Å². The highest BCUT2D eigenvalue weighted by molar-refractivity contribution is 5.93. The topological polar surface area (TPSA) is 75.4 Å². The van der Waals surface area contributed by atoms with Crippen molar-refractivity contribution < 1.29 is 14.0 Å². The summed E-state index contributed by atoms with van der Waals surface area (Å²) in [5, 5.41) is 2.92. The van der Waals surface area contributed by atoms with Crippen molar-refractivity contribution >= 4 is 11.8 Å². The molecule has 0 unspecified atom stereocenters. The number of rotatable bonds is 5. The number of hydrogen-bond acceptors (Lipinski definition) is 4. The Morgan fingerprint density at radius 2 is 2.12 bits per heavy atom. The normalized spacial score (nSPS) is 16.9. The van der Waals surface area contributed by atoms with Gasteiger partial charge >= 0.3 is 0 Å². The van der Waals surface area contributed by atoms with Crippen LogP contribution in [0.1, 0.15) is 40.3 Å². The third kappa shape index (κ3) is 3.64. The Morgan fingerprint density at radius 1 is 1.38 bits per heavy atom. The lowest BCUT2D eigenvalue weighted by Crippen LogP contribution is -2.41. The van der Waals surface area contributed by atoms with Crippen molar-refractivity contribution in [2.24, 2.45) is 0 Å². The molecule has 2 aromatic rings. The van der Waals surface area contributed by atoms with E-state index in [1.807, 2.05) is 32.0 Å². The van der Waals surface area contributed by atoms with Crippen LogP contribution in [0, 0.1) is 13.8 Å². The van der Waals surface area contributed by atoms with Gasteiger partial charge in [0.25, 0.3) is 5.91 Å². The summed E-state index contributed by atoms with van der Waals surface area (Å²) < 4.78 is 5.59. The minimum Gasteiger partial charge on any atom is -0.456 e. The minimum absolute atomic E-state index is 0.0142. The fourth-order valence-corrected chi connectivity index (χ4v) is 3.01. The van der Waals surface area contributed by atoms with E-state index in [0.717, 1.165) is 17.5 Å². The molecule has 1 aliphatic rings. The number of pyridine rings is 1. The van der Waals surface area contributed by atoms with Crippen LogP contribution in [0.25, 0.3) is 0 Å². The van der Waals surface area contributed by atoms with Crippen molar-refractivity contribution in [3.8, 4) is 0 Å². The second kappa shape index (κ2) is 6.86. The molecule has 0 radical (unpaired) electrons. The Morgan fingerprint density at radius 3 is 2.71 bits per heavy atom. The van der Waals surface area contributed by atoms with Gasteiger partial charge in [-0.25, -0.2) is 0 Å². The number of carbonyl (C=O) groups is 2. The third-order valence-corrected chi connectivity index (χ3v) is 4.17. The molecule has 0 saturated carbocycles. The molecule has 1 saturated heterocycles. The number of aromatic nitrogens is 1. The summed E-state index contributed by atoms with van der Waals surface area (Å²) in [6, 6.07) is 5.61. The van der Waals surface area contributed by atoms with Crippen LogP contribution >= 0.6 is 0 Å². The lowest BCUT2D eigenvalue weighted by atomic mass is 10.1. The highest BCUT2D eigenvalue weighted by Crippen LogP contribution is 2.19. The highest BCUT2D eigenvalue weighted by atomic mass is 16.4. The average molecular weight is 327 g/mol. The number of nitrogens with zero attached hydrogens (tertiary/aromatic N) is 2. The summed E-state index contributed by atoms with van der Waals surface area (Å²) in [7, 11) is 0. The molecule has 2 amide bonds. The molecule has 24 heavy (non-hydrogen) atoms. The van der Waals surface area contributed by atoms with Gasteiger partial charge in [-0.05, 0) is 44.0 Å². The molecule has 0 aliphatic carbocycles. The predicted octanol–water partition coefficient (Wildman–Crippen LogP) is 2.21. The lowest BCUT2D eigenvalue weighted by Gasteiger charge is -2.25. The molecule has 6 nitrogen and oxygen atoms in total. The van der Waals surface area contributed by atoms with Crippen molar-refractivity contribution in [3.63, 3.8) is 0 Å². The molecule has 126 valence electrons. The maximum Gasteiger partial charge on any atom is 0.290 e. The van der Waals surface area contributed by atoms with E-state index in [4.69, 9.17) is 4.42 Å². The first kappa shape index (κ1) is 16.2. The Hall–Kier alpha value is -2.63. The zero-order valence-electron chi connectivity index (χ0n) is 13.9. The van der Waals surface area contributed by atoms with E-state index < -0.39 is 0 Å². The van der Waals surface area contributed by atoms with Gasteiger partial charge in [0, 0.05) is 43.5 Å². The summed E-state index contributed by atoms with van der Waals surface area (Å²) in [6.45, 7) is 4.61. The van der Waals surface area contributed by atoms with Gasteiger partial charge in [0.15, 0.2) is 5.76 Å². The van der Waals surface area contributed by atoms with Crippen molar-refractivity contribution in [2.45, 2.75) is 39.3 Å². The number of hydrogen-bond donors (Lipinski definition) is 1. The molecular formula is C18H21N3O3. The maximum absolute atomic E-state index is 13.0. The molecule has 0 bridgehead atoms. The Balaban J connectivity index is 1.81. The Labute approximate surface area is 140 Å². The van der Waals surface area contributed by atoms with Crippen LogP contribution in [0.5, 0.6) is 0 Å². The molecular weight excluding hydrogens is 306 g/mol. The molecule has 1 atom stereocenters. The van der Waals surface area contributed by atoms with Crippen LogP contribution < -0.4 is 5.32 Å². The van der Waals surface area contributed by atoms with Gasteiger partial charge < -0.3 is 14.6 Å². The number of carbonyl (C=O) groups excluding carboxylic acids is 2. The second-order valence-electron chi connectivity index (χ2n) is 6.21.